The highest BCUT2D eigenvalue weighted by Crippen LogP contribution is 2.30. The molecule has 6 nitrogen and oxygen atoms in total. The summed E-state index contributed by atoms with van der Waals surface area (Å²) >= 11 is 0. The van der Waals surface area contributed by atoms with Crippen LogP contribution in [0.25, 0.3) is 0 Å². The van der Waals surface area contributed by atoms with E-state index in [1.54, 1.807) is 6.92 Å². The van der Waals surface area contributed by atoms with Crippen LogP contribution in [0.2, 0.25) is 0 Å². The minimum absolute atomic E-state index is 0.0935. The van der Waals surface area contributed by atoms with Crippen LogP contribution in [0.1, 0.15) is 51.9 Å². The number of fused-ring (bicyclic) bond motifs is 1. The Morgan fingerprint density at radius 2 is 2.00 bits per heavy atom. The van der Waals surface area contributed by atoms with Crippen LogP contribution in [0.3, 0.4) is 0 Å². The van der Waals surface area contributed by atoms with Crippen molar-refractivity contribution in [3.8, 4) is 0 Å². The minimum atomic E-state index is -0.701. The molecule has 3 saturated heterocycles. The van der Waals surface area contributed by atoms with Gasteiger partial charge in [0.15, 0.2) is 0 Å². The van der Waals surface area contributed by atoms with E-state index in [2.05, 4.69) is 10.2 Å². The third-order valence-electron chi connectivity index (χ3n) is 5.80. The summed E-state index contributed by atoms with van der Waals surface area (Å²) in [5, 5.41) is 14.1. The first-order valence-electron chi connectivity index (χ1n) is 8.98. The molecule has 0 aromatic heterocycles. The van der Waals surface area contributed by atoms with Gasteiger partial charge in [-0.3, -0.25) is 14.5 Å². The highest BCUT2D eigenvalue weighted by molar-refractivity contribution is 5.76. The summed E-state index contributed by atoms with van der Waals surface area (Å²) in [6.07, 6.45) is 6.06. The maximum Gasteiger partial charge on any atom is 0.220 e. The molecule has 0 radical (unpaired) electrons. The summed E-state index contributed by atoms with van der Waals surface area (Å²) in [5.41, 5.74) is -0.701. The van der Waals surface area contributed by atoms with Crippen LogP contribution < -0.4 is 5.32 Å². The van der Waals surface area contributed by atoms with Crippen molar-refractivity contribution >= 4 is 11.8 Å². The topological polar surface area (TPSA) is 72.9 Å². The Labute approximate surface area is 138 Å². The van der Waals surface area contributed by atoms with E-state index < -0.39 is 5.60 Å². The first kappa shape index (κ1) is 16.7. The lowest BCUT2D eigenvalue weighted by Gasteiger charge is -2.41. The van der Waals surface area contributed by atoms with Crippen LogP contribution in [0.15, 0.2) is 0 Å². The van der Waals surface area contributed by atoms with Gasteiger partial charge in [-0.05, 0) is 32.1 Å². The summed E-state index contributed by atoms with van der Waals surface area (Å²) in [7, 11) is 0. The van der Waals surface area contributed by atoms with Crippen LogP contribution in [-0.2, 0) is 9.59 Å². The molecule has 3 rings (SSSR count). The number of amides is 2. The number of aliphatic hydroxyl groups is 1. The molecule has 130 valence electrons. The first-order valence-corrected chi connectivity index (χ1v) is 8.98. The van der Waals surface area contributed by atoms with Crippen molar-refractivity contribution in [2.45, 2.75) is 69.6 Å². The lowest BCUT2D eigenvalue weighted by atomic mass is 9.90. The summed E-state index contributed by atoms with van der Waals surface area (Å²) < 4.78 is 0. The van der Waals surface area contributed by atoms with Crippen LogP contribution >= 0.6 is 0 Å². The summed E-state index contributed by atoms with van der Waals surface area (Å²) in [5.74, 6) is 0.269. The molecule has 0 spiro atoms. The van der Waals surface area contributed by atoms with E-state index in [1.165, 1.54) is 0 Å². The fourth-order valence-corrected chi connectivity index (χ4v) is 4.36. The summed E-state index contributed by atoms with van der Waals surface area (Å²) in [6.45, 7) is 4.48. The molecule has 2 amide bonds. The molecule has 2 N–H and O–H groups in total. The second-order valence-electron chi connectivity index (χ2n) is 7.48. The Hall–Kier alpha value is -1.14. The lowest BCUT2D eigenvalue weighted by molar-refractivity contribution is -0.133. The molecule has 3 heterocycles. The number of carbonyl (C=O) groups is 2. The van der Waals surface area contributed by atoms with Gasteiger partial charge in [0.25, 0.3) is 0 Å². The van der Waals surface area contributed by atoms with Gasteiger partial charge in [0.1, 0.15) is 0 Å². The number of likely N-dealkylation sites (tertiary alicyclic amines) is 2. The first-order chi connectivity index (χ1) is 11.0. The van der Waals surface area contributed by atoms with Crippen molar-refractivity contribution in [2.24, 2.45) is 0 Å². The van der Waals surface area contributed by atoms with Crippen LogP contribution in [0.5, 0.6) is 0 Å². The Morgan fingerprint density at radius 1 is 1.26 bits per heavy atom. The SMILES string of the molecule is CC(=O)N1CCC(O)(CN2CC[C@@H]3NC(=O)CCCC[C@H]32)CC1. The zero-order valence-corrected chi connectivity index (χ0v) is 14.1. The van der Waals surface area contributed by atoms with Crippen LogP contribution in [-0.4, -0.2) is 70.6 Å². The van der Waals surface area contributed by atoms with E-state index in [4.69, 9.17) is 0 Å². The second kappa shape index (κ2) is 6.77. The Morgan fingerprint density at radius 3 is 2.70 bits per heavy atom. The molecule has 0 aromatic carbocycles. The normalized spacial score (nSPS) is 31.9. The Bertz CT molecular complexity index is 460. The van der Waals surface area contributed by atoms with E-state index in [0.29, 0.717) is 44.9 Å². The summed E-state index contributed by atoms with van der Waals surface area (Å²) in [4.78, 5) is 27.5. The highest BCUT2D eigenvalue weighted by Gasteiger charge is 2.41. The monoisotopic (exact) mass is 323 g/mol. The van der Waals surface area contributed by atoms with Gasteiger partial charge in [0.2, 0.25) is 11.8 Å². The van der Waals surface area contributed by atoms with Crippen molar-refractivity contribution in [3.63, 3.8) is 0 Å². The molecule has 3 aliphatic rings. The number of carbonyl (C=O) groups excluding carboxylic acids is 2. The molecule has 0 bridgehead atoms. The number of hydrogen-bond acceptors (Lipinski definition) is 4. The predicted octanol–water partition coefficient (Wildman–Crippen LogP) is 0.493. The molecular formula is C17H29N3O3. The number of hydrogen-bond donors (Lipinski definition) is 2. The van der Waals surface area contributed by atoms with Crippen molar-refractivity contribution in [1.82, 2.24) is 15.1 Å². The zero-order chi connectivity index (χ0) is 16.4. The largest absolute Gasteiger partial charge is 0.388 e. The number of rotatable bonds is 2. The molecule has 0 saturated carbocycles. The van der Waals surface area contributed by atoms with E-state index in [1.807, 2.05) is 4.90 Å². The molecule has 3 aliphatic heterocycles. The maximum atomic E-state index is 11.8. The van der Waals surface area contributed by atoms with Gasteiger partial charge in [-0.15, -0.1) is 0 Å². The van der Waals surface area contributed by atoms with Gasteiger partial charge in [-0.1, -0.05) is 6.42 Å². The number of nitrogens with one attached hydrogen (secondary N) is 1. The third kappa shape index (κ3) is 3.86. The van der Waals surface area contributed by atoms with Crippen LogP contribution in [0, 0.1) is 0 Å². The van der Waals surface area contributed by atoms with Crippen molar-refractivity contribution in [1.29, 1.82) is 0 Å². The molecule has 23 heavy (non-hydrogen) atoms. The zero-order valence-electron chi connectivity index (χ0n) is 14.1. The molecule has 0 unspecified atom stereocenters. The Balaban J connectivity index is 1.59. The molecule has 0 aliphatic carbocycles. The van der Waals surface area contributed by atoms with E-state index in [-0.39, 0.29) is 17.9 Å². The number of piperidine rings is 1. The van der Waals surface area contributed by atoms with E-state index in [9.17, 15) is 14.7 Å². The highest BCUT2D eigenvalue weighted by atomic mass is 16.3. The predicted molar refractivity (Wildman–Crippen MR) is 86.8 cm³/mol. The number of nitrogens with zero attached hydrogens (tertiary/aromatic N) is 2. The molecule has 2 atom stereocenters. The van der Waals surface area contributed by atoms with E-state index >= 15 is 0 Å². The van der Waals surface area contributed by atoms with Crippen molar-refractivity contribution in [2.75, 3.05) is 26.2 Å². The maximum absolute atomic E-state index is 11.8. The lowest BCUT2D eigenvalue weighted by Crippen LogP contribution is -2.54. The van der Waals surface area contributed by atoms with Gasteiger partial charge in [0, 0.05) is 51.6 Å². The van der Waals surface area contributed by atoms with Gasteiger partial charge >= 0.3 is 0 Å². The van der Waals surface area contributed by atoms with Crippen LogP contribution in [0.4, 0.5) is 0 Å². The van der Waals surface area contributed by atoms with Gasteiger partial charge in [-0.25, -0.2) is 0 Å². The van der Waals surface area contributed by atoms with Gasteiger partial charge < -0.3 is 15.3 Å². The fourth-order valence-electron chi connectivity index (χ4n) is 4.36. The smallest absolute Gasteiger partial charge is 0.220 e. The molecule has 3 fully saturated rings. The third-order valence-corrected chi connectivity index (χ3v) is 5.80. The Kier molecular flexibility index (Phi) is 4.92. The standard InChI is InChI=1S/C17H29N3O3/c1-13(21)19-10-7-17(23,8-11-19)12-20-9-6-14-15(20)4-2-3-5-16(22)18-14/h14-15,23H,2-12H2,1H3,(H,18,22)/t14-,15+/m0/s1. The van der Waals surface area contributed by atoms with Crippen molar-refractivity contribution in [3.05, 3.63) is 0 Å². The summed E-state index contributed by atoms with van der Waals surface area (Å²) in [6, 6.07) is 0.595. The second-order valence-corrected chi connectivity index (χ2v) is 7.48. The average molecular weight is 323 g/mol. The number of β-amino-alcohol motifs (C(OH)–C–C–N with tert-alkyl or cyclic N) is 1. The fraction of sp³-hybridized carbons (Fsp3) is 0.882. The quantitative estimate of drug-likeness (QED) is 0.776. The van der Waals surface area contributed by atoms with Gasteiger partial charge in [-0.2, -0.15) is 0 Å². The van der Waals surface area contributed by atoms with Gasteiger partial charge in [0.05, 0.1) is 5.60 Å². The molecule has 0 aromatic rings. The molecule has 6 heteroatoms. The van der Waals surface area contributed by atoms with Crippen molar-refractivity contribution < 1.29 is 14.7 Å². The minimum Gasteiger partial charge on any atom is -0.388 e. The molecular weight excluding hydrogens is 294 g/mol. The van der Waals surface area contributed by atoms with E-state index in [0.717, 1.165) is 32.2 Å². The average Bonchev–Trinajstić information content (AvgIpc) is 2.82.